The number of aromatic nitrogens is 2. The van der Waals surface area contributed by atoms with E-state index in [0.29, 0.717) is 23.4 Å². The number of amides is 1. The van der Waals surface area contributed by atoms with E-state index in [9.17, 15) is 4.79 Å². The van der Waals surface area contributed by atoms with Crippen molar-refractivity contribution < 1.29 is 13.6 Å². The van der Waals surface area contributed by atoms with E-state index in [1.54, 1.807) is 35.4 Å². The molecule has 3 aromatic heterocycles. The van der Waals surface area contributed by atoms with E-state index in [0.717, 1.165) is 4.88 Å². The maximum atomic E-state index is 12.1. The molecular formula is C14H13N3O3S2. The fourth-order valence-electron chi connectivity index (χ4n) is 1.73. The monoisotopic (exact) mass is 335 g/mol. The summed E-state index contributed by atoms with van der Waals surface area (Å²) in [5.74, 6) is 1.09. The summed E-state index contributed by atoms with van der Waals surface area (Å²) in [6.45, 7) is 0.610. The van der Waals surface area contributed by atoms with Crippen LogP contribution in [-0.4, -0.2) is 33.8 Å². The quantitative estimate of drug-likeness (QED) is 0.644. The zero-order valence-electron chi connectivity index (χ0n) is 11.8. The minimum atomic E-state index is 0.0103. The fraction of sp³-hybridized carbons (Fsp3) is 0.214. The third kappa shape index (κ3) is 3.58. The number of thioether (sulfide) groups is 1. The number of furan rings is 1. The molecule has 3 heterocycles. The second kappa shape index (κ2) is 6.80. The van der Waals surface area contributed by atoms with Gasteiger partial charge in [-0.3, -0.25) is 4.79 Å². The third-order valence-electron chi connectivity index (χ3n) is 2.86. The fourth-order valence-corrected chi connectivity index (χ4v) is 3.19. The molecule has 8 heteroatoms. The van der Waals surface area contributed by atoms with Crippen LogP contribution in [0.1, 0.15) is 4.88 Å². The topological polar surface area (TPSA) is 72.4 Å². The average Bonchev–Trinajstić information content (AvgIpc) is 3.25. The number of carbonyl (C=O) groups excluding carboxylic acids is 1. The van der Waals surface area contributed by atoms with Gasteiger partial charge in [0.15, 0.2) is 5.76 Å². The van der Waals surface area contributed by atoms with Crippen LogP contribution in [0.2, 0.25) is 0 Å². The first-order valence-corrected chi connectivity index (χ1v) is 8.35. The molecule has 0 saturated heterocycles. The van der Waals surface area contributed by atoms with Crippen molar-refractivity contribution in [3.05, 3.63) is 40.8 Å². The van der Waals surface area contributed by atoms with Crippen molar-refractivity contribution in [1.82, 2.24) is 15.1 Å². The lowest BCUT2D eigenvalue weighted by Gasteiger charge is -2.15. The highest BCUT2D eigenvalue weighted by molar-refractivity contribution is 7.99. The Morgan fingerprint density at radius 1 is 1.36 bits per heavy atom. The molecule has 0 N–H and O–H groups in total. The lowest BCUT2D eigenvalue weighted by Crippen LogP contribution is -2.27. The predicted octanol–water partition coefficient (Wildman–Crippen LogP) is 3.14. The van der Waals surface area contributed by atoms with Gasteiger partial charge < -0.3 is 13.7 Å². The van der Waals surface area contributed by atoms with Crippen LogP contribution >= 0.6 is 23.1 Å². The summed E-state index contributed by atoms with van der Waals surface area (Å²) in [5, 5.41) is 10.1. The lowest BCUT2D eigenvalue weighted by atomic mass is 10.4. The van der Waals surface area contributed by atoms with Gasteiger partial charge in [0.2, 0.25) is 5.91 Å². The molecule has 0 aliphatic rings. The Hall–Kier alpha value is -2.06. The largest absolute Gasteiger partial charge is 0.459 e. The van der Waals surface area contributed by atoms with E-state index in [-0.39, 0.29) is 11.7 Å². The van der Waals surface area contributed by atoms with Crippen molar-refractivity contribution in [2.24, 2.45) is 0 Å². The van der Waals surface area contributed by atoms with Crippen molar-refractivity contribution in [3.8, 4) is 11.7 Å². The minimum absolute atomic E-state index is 0.0103. The van der Waals surface area contributed by atoms with Crippen molar-refractivity contribution in [2.75, 3.05) is 12.8 Å². The maximum absolute atomic E-state index is 12.1. The molecule has 0 atom stereocenters. The molecule has 114 valence electrons. The minimum Gasteiger partial charge on any atom is -0.459 e. The first-order valence-electron chi connectivity index (χ1n) is 6.49. The Balaban J connectivity index is 1.52. The summed E-state index contributed by atoms with van der Waals surface area (Å²) in [5.41, 5.74) is 0. The molecule has 22 heavy (non-hydrogen) atoms. The normalized spacial score (nSPS) is 10.8. The summed E-state index contributed by atoms with van der Waals surface area (Å²) < 4.78 is 10.6. The van der Waals surface area contributed by atoms with E-state index in [1.165, 1.54) is 18.0 Å². The molecule has 6 nitrogen and oxygen atoms in total. The Morgan fingerprint density at radius 2 is 2.27 bits per heavy atom. The molecule has 1 amide bonds. The second-order valence-corrected chi connectivity index (χ2v) is 6.43. The zero-order valence-corrected chi connectivity index (χ0v) is 13.4. The van der Waals surface area contributed by atoms with Crippen molar-refractivity contribution >= 4 is 29.0 Å². The Kier molecular flexibility index (Phi) is 4.59. The Labute approximate surface area is 135 Å². The molecule has 3 aromatic rings. The summed E-state index contributed by atoms with van der Waals surface area (Å²) in [6.07, 6.45) is 1.54. The van der Waals surface area contributed by atoms with Crippen molar-refractivity contribution in [2.45, 2.75) is 11.8 Å². The molecule has 0 fully saturated rings. The molecule has 0 radical (unpaired) electrons. The number of nitrogens with zero attached hydrogens (tertiary/aromatic N) is 3. The van der Waals surface area contributed by atoms with Gasteiger partial charge >= 0.3 is 0 Å². The van der Waals surface area contributed by atoms with Gasteiger partial charge in [0.25, 0.3) is 11.1 Å². The van der Waals surface area contributed by atoms with Crippen LogP contribution in [0.15, 0.2) is 50.0 Å². The third-order valence-corrected chi connectivity index (χ3v) is 4.52. The second-order valence-electron chi connectivity index (χ2n) is 4.47. The lowest BCUT2D eigenvalue weighted by molar-refractivity contribution is -0.127. The van der Waals surface area contributed by atoms with Gasteiger partial charge in [-0.25, -0.2) is 0 Å². The molecule has 0 unspecified atom stereocenters. The summed E-state index contributed by atoms with van der Waals surface area (Å²) >= 11 is 2.85. The number of hydrogen-bond acceptors (Lipinski definition) is 7. The summed E-state index contributed by atoms with van der Waals surface area (Å²) in [6, 6.07) is 7.47. The van der Waals surface area contributed by atoms with E-state index in [4.69, 9.17) is 8.83 Å². The van der Waals surface area contributed by atoms with Gasteiger partial charge in [0, 0.05) is 11.9 Å². The van der Waals surface area contributed by atoms with Crippen LogP contribution in [0, 0.1) is 0 Å². The summed E-state index contributed by atoms with van der Waals surface area (Å²) in [7, 11) is 1.78. The van der Waals surface area contributed by atoms with E-state index in [2.05, 4.69) is 10.2 Å². The van der Waals surface area contributed by atoms with E-state index in [1.807, 2.05) is 17.5 Å². The Morgan fingerprint density at radius 3 is 3.00 bits per heavy atom. The molecule has 0 bridgehead atoms. The molecular weight excluding hydrogens is 322 g/mol. The number of carbonyl (C=O) groups is 1. The standard InChI is InChI=1S/C14H13N3O3S2/c1-17(8-10-4-3-7-21-10)12(18)9-22-14-16-15-13(20-14)11-5-2-6-19-11/h2-7H,8-9H2,1H3. The zero-order chi connectivity index (χ0) is 15.4. The average molecular weight is 335 g/mol. The van der Waals surface area contributed by atoms with Crippen LogP contribution in [0.25, 0.3) is 11.7 Å². The molecule has 0 spiro atoms. The summed E-state index contributed by atoms with van der Waals surface area (Å²) in [4.78, 5) is 14.9. The van der Waals surface area contributed by atoms with Gasteiger partial charge in [0.1, 0.15) is 0 Å². The van der Waals surface area contributed by atoms with Gasteiger partial charge in [0.05, 0.1) is 18.6 Å². The molecule has 0 aliphatic carbocycles. The highest BCUT2D eigenvalue weighted by Crippen LogP contribution is 2.23. The highest BCUT2D eigenvalue weighted by Gasteiger charge is 2.15. The first-order chi connectivity index (χ1) is 10.7. The van der Waals surface area contributed by atoms with E-state index < -0.39 is 0 Å². The van der Waals surface area contributed by atoms with Gasteiger partial charge in [-0.15, -0.1) is 21.5 Å². The van der Waals surface area contributed by atoms with Crippen molar-refractivity contribution in [3.63, 3.8) is 0 Å². The predicted molar refractivity (Wildman–Crippen MR) is 83.5 cm³/mol. The number of hydrogen-bond donors (Lipinski definition) is 0. The van der Waals surface area contributed by atoms with Crippen LogP contribution in [-0.2, 0) is 11.3 Å². The van der Waals surface area contributed by atoms with Crippen LogP contribution < -0.4 is 0 Å². The number of rotatable bonds is 6. The molecule has 0 aromatic carbocycles. The Bertz CT molecular complexity index is 722. The molecule has 0 saturated carbocycles. The smallest absolute Gasteiger partial charge is 0.284 e. The van der Waals surface area contributed by atoms with Crippen LogP contribution in [0.5, 0.6) is 0 Å². The highest BCUT2D eigenvalue weighted by atomic mass is 32.2. The molecule has 3 rings (SSSR count). The van der Waals surface area contributed by atoms with E-state index >= 15 is 0 Å². The first kappa shape index (κ1) is 14.9. The van der Waals surface area contributed by atoms with Crippen LogP contribution in [0.4, 0.5) is 0 Å². The SMILES string of the molecule is CN(Cc1cccs1)C(=O)CSc1nnc(-c2ccco2)o1. The number of thiophene rings is 1. The van der Waals surface area contributed by atoms with Crippen molar-refractivity contribution in [1.29, 1.82) is 0 Å². The maximum Gasteiger partial charge on any atom is 0.284 e. The van der Waals surface area contributed by atoms with Gasteiger partial charge in [-0.1, -0.05) is 17.8 Å². The van der Waals surface area contributed by atoms with Gasteiger partial charge in [-0.2, -0.15) is 0 Å². The van der Waals surface area contributed by atoms with Gasteiger partial charge in [-0.05, 0) is 23.6 Å². The molecule has 0 aliphatic heterocycles. The van der Waals surface area contributed by atoms with Crippen LogP contribution in [0.3, 0.4) is 0 Å².